The highest BCUT2D eigenvalue weighted by molar-refractivity contribution is 5.97. The molecule has 5 aliphatic rings. The second-order valence-electron chi connectivity index (χ2n) is 13.1. The highest BCUT2D eigenvalue weighted by atomic mass is 19.1. The van der Waals surface area contributed by atoms with E-state index in [-0.39, 0.29) is 47.9 Å². The van der Waals surface area contributed by atoms with E-state index in [9.17, 15) is 9.18 Å². The van der Waals surface area contributed by atoms with Crippen LogP contribution in [0.1, 0.15) is 58.4 Å². The van der Waals surface area contributed by atoms with Crippen molar-refractivity contribution in [2.45, 2.75) is 95.2 Å². The van der Waals surface area contributed by atoms with Gasteiger partial charge in [0.2, 0.25) is 0 Å². The Morgan fingerprint density at radius 3 is 2.85 bits per heavy atom. The van der Waals surface area contributed by atoms with Crippen molar-refractivity contribution in [1.82, 2.24) is 19.8 Å². The summed E-state index contributed by atoms with van der Waals surface area (Å²) in [5.74, 6) is 0.656. The number of carbonyl (C=O) groups excluding carboxylic acids is 1. The first-order valence-electron chi connectivity index (χ1n) is 14.5. The lowest BCUT2D eigenvalue weighted by Crippen LogP contribution is -2.63. The second-order valence-corrected chi connectivity index (χ2v) is 13.1. The number of carbonyl (C=O) groups is 1. The third-order valence-corrected chi connectivity index (χ3v) is 9.33. The van der Waals surface area contributed by atoms with Gasteiger partial charge in [0.1, 0.15) is 42.1 Å². The first-order valence-corrected chi connectivity index (χ1v) is 14.5. The van der Waals surface area contributed by atoms with Crippen molar-refractivity contribution in [1.29, 1.82) is 0 Å². The Hall–Kier alpha value is -2.95. The molecule has 0 radical (unpaired) electrons. The zero-order chi connectivity index (χ0) is 28.0. The SMILES string of the molecule is Cc1cc2c3c(nc(OC[C@]45CCCN4C[C@@H](F)C5)nc3c1F)N1C[C@@H]3CC[C@@H]([C@H]1CO2)N3C(=O)OC(C)(C)C. The zero-order valence-corrected chi connectivity index (χ0v) is 23.6. The van der Waals surface area contributed by atoms with E-state index >= 15 is 4.39 Å². The summed E-state index contributed by atoms with van der Waals surface area (Å²) >= 11 is 0. The zero-order valence-electron chi connectivity index (χ0n) is 23.6. The van der Waals surface area contributed by atoms with E-state index in [0.29, 0.717) is 48.6 Å². The summed E-state index contributed by atoms with van der Waals surface area (Å²) in [5, 5.41) is 0.522. The Labute approximate surface area is 232 Å². The maximum absolute atomic E-state index is 15.6. The van der Waals surface area contributed by atoms with Gasteiger partial charge in [-0.1, -0.05) is 0 Å². The average molecular weight is 558 g/mol. The monoisotopic (exact) mass is 557 g/mol. The fourth-order valence-corrected chi connectivity index (χ4v) is 7.63. The minimum Gasteiger partial charge on any atom is -0.490 e. The molecular weight excluding hydrogens is 520 g/mol. The van der Waals surface area contributed by atoms with Crippen LogP contribution in [0.5, 0.6) is 11.8 Å². The number of hydrogen-bond acceptors (Lipinski definition) is 8. The number of nitrogens with zero attached hydrogens (tertiary/aromatic N) is 5. The van der Waals surface area contributed by atoms with Gasteiger partial charge in [-0.3, -0.25) is 9.80 Å². The number of ether oxygens (including phenoxy) is 3. The summed E-state index contributed by atoms with van der Waals surface area (Å²) in [7, 11) is 0. The summed E-state index contributed by atoms with van der Waals surface area (Å²) in [5.41, 5.74) is -0.383. The van der Waals surface area contributed by atoms with Crippen molar-refractivity contribution in [2.75, 3.05) is 37.7 Å². The molecule has 2 bridgehead atoms. The molecule has 0 spiro atoms. The van der Waals surface area contributed by atoms with Crippen molar-refractivity contribution in [3.63, 3.8) is 0 Å². The number of benzene rings is 1. The number of hydrogen-bond donors (Lipinski definition) is 0. The number of amides is 1. The Morgan fingerprint density at radius 2 is 2.05 bits per heavy atom. The van der Waals surface area contributed by atoms with Gasteiger partial charge in [-0.2, -0.15) is 9.97 Å². The third-order valence-electron chi connectivity index (χ3n) is 9.33. The summed E-state index contributed by atoms with van der Waals surface area (Å²) in [6.07, 6.45) is 2.76. The topological polar surface area (TPSA) is 80.3 Å². The summed E-state index contributed by atoms with van der Waals surface area (Å²) < 4.78 is 48.2. The van der Waals surface area contributed by atoms with Crippen LogP contribution in [-0.4, -0.2) is 94.1 Å². The molecule has 0 unspecified atom stereocenters. The lowest BCUT2D eigenvalue weighted by atomic mass is 9.95. The maximum Gasteiger partial charge on any atom is 0.410 e. The van der Waals surface area contributed by atoms with Gasteiger partial charge in [0.15, 0.2) is 5.82 Å². The van der Waals surface area contributed by atoms with Gasteiger partial charge in [0.25, 0.3) is 0 Å². The standard InChI is InChI=1S/C29H37F2N5O4/c1-16-10-21-22-24(23(16)31)32-26(39-15-29-8-5-9-34(29)12-17(30)11-29)33-25(22)35-13-18-6-7-19(20(35)14-38-21)36(18)27(37)40-28(2,3)4/h10,17-20H,5-9,11-15H2,1-4H3/t17-,18-,19-,20+,29+/m0/s1. The fourth-order valence-electron chi connectivity index (χ4n) is 7.63. The van der Waals surface area contributed by atoms with Gasteiger partial charge in [0, 0.05) is 19.5 Å². The quantitative estimate of drug-likeness (QED) is 0.550. The van der Waals surface area contributed by atoms with Gasteiger partial charge in [-0.15, -0.1) is 0 Å². The Balaban J connectivity index is 1.26. The molecule has 6 heterocycles. The molecule has 5 atom stereocenters. The first-order chi connectivity index (χ1) is 19.0. The normalized spacial score (nSPS) is 31.1. The minimum absolute atomic E-state index is 0.0618. The minimum atomic E-state index is -0.872. The summed E-state index contributed by atoms with van der Waals surface area (Å²) in [6, 6.07) is 1.40. The third kappa shape index (κ3) is 4.06. The summed E-state index contributed by atoms with van der Waals surface area (Å²) in [6.45, 7) is 9.68. The first kappa shape index (κ1) is 26.0. The van der Waals surface area contributed by atoms with Gasteiger partial charge >= 0.3 is 12.1 Å². The van der Waals surface area contributed by atoms with E-state index in [4.69, 9.17) is 19.2 Å². The van der Waals surface area contributed by atoms with Gasteiger partial charge < -0.3 is 19.1 Å². The predicted molar refractivity (Wildman–Crippen MR) is 144 cm³/mol. The molecule has 11 heteroatoms. The Bertz CT molecular complexity index is 1370. The average Bonchev–Trinajstić information content (AvgIpc) is 3.48. The number of fused-ring (bicyclic) bond motifs is 6. The number of anilines is 1. The number of rotatable bonds is 3. The van der Waals surface area contributed by atoms with Crippen molar-refractivity contribution < 1.29 is 27.8 Å². The molecule has 40 heavy (non-hydrogen) atoms. The molecule has 216 valence electrons. The molecule has 7 rings (SSSR count). The highest BCUT2D eigenvalue weighted by Crippen LogP contribution is 2.45. The second kappa shape index (κ2) is 9.03. The molecule has 9 nitrogen and oxygen atoms in total. The largest absolute Gasteiger partial charge is 0.490 e. The van der Waals surface area contributed by atoms with Crippen LogP contribution in [0.3, 0.4) is 0 Å². The van der Waals surface area contributed by atoms with Crippen LogP contribution < -0.4 is 14.4 Å². The van der Waals surface area contributed by atoms with Gasteiger partial charge in [-0.05, 0) is 71.6 Å². The molecule has 0 saturated carbocycles. The molecule has 0 aliphatic carbocycles. The molecular formula is C29H37F2N5O4. The smallest absolute Gasteiger partial charge is 0.410 e. The van der Waals surface area contributed by atoms with Crippen LogP contribution in [0.4, 0.5) is 19.4 Å². The molecule has 1 amide bonds. The predicted octanol–water partition coefficient (Wildman–Crippen LogP) is 4.38. The molecule has 4 fully saturated rings. The van der Waals surface area contributed by atoms with Crippen molar-refractivity contribution in [3.8, 4) is 11.8 Å². The van der Waals surface area contributed by atoms with Crippen LogP contribution in [0.2, 0.25) is 0 Å². The van der Waals surface area contributed by atoms with Crippen LogP contribution in [0.15, 0.2) is 6.07 Å². The number of alkyl halides is 1. The van der Waals surface area contributed by atoms with E-state index in [1.807, 2.05) is 25.7 Å². The van der Waals surface area contributed by atoms with Crippen LogP contribution in [0.25, 0.3) is 10.9 Å². The molecule has 1 aromatic heterocycles. The van der Waals surface area contributed by atoms with E-state index in [2.05, 4.69) is 14.8 Å². The lowest BCUT2D eigenvalue weighted by Gasteiger charge is -2.46. The van der Waals surface area contributed by atoms with Gasteiger partial charge in [-0.25, -0.2) is 13.6 Å². The molecule has 0 N–H and O–H groups in total. The van der Waals surface area contributed by atoms with E-state index < -0.39 is 17.6 Å². The Morgan fingerprint density at radius 1 is 1.23 bits per heavy atom. The molecule has 4 saturated heterocycles. The fraction of sp³-hybridized carbons (Fsp3) is 0.690. The van der Waals surface area contributed by atoms with Crippen molar-refractivity contribution >= 4 is 22.8 Å². The van der Waals surface area contributed by atoms with Crippen molar-refractivity contribution in [2.24, 2.45) is 0 Å². The Kier molecular flexibility index (Phi) is 5.86. The highest BCUT2D eigenvalue weighted by Gasteiger charge is 2.52. The van der Waals surface area contributed by atoms with Crippen LogP contribution in [0, 0.1) is 12.7 Å². The molecule has 2 aromatic rings. The van der Waals surface area contributed by atoms with E-state index in [1.165, 1.54) is 0 Å². The van der Waals surface area contributed by atoms with Crippen LogP contribution >= 0.6 is 0 Å². The van der Waals surface area contributed by atoms with Crippen LogP contribution in [-0.2, 0) is 4.74 Å². The number of piperazine rings is 1. The summed E-state index contributed by atoms with van der Waals surface area (Å²) in [4.78, 5) is 28.8. The maximum atomic E-state index is 15.6. The van der Waals surface area contributed by atoms with Crippen molar-refractivity contribution in [3.05, 3.63) is 17.4 Å². The number of aromatic nitrogens is 2. The van der Waals surface area contributed by atoms with E-state index in [1.54, 1.807) is 13.0 Å². The molecule has 1 aromatic carbocycles. The van der Waals surface area contributed by atoms with Gasteiger partial charge in [0.05, 0.1) is 29.1 Å². The molecule has 5 aliphatic heterocycles. The number of aryl methyl sites for hydroxylation is 1. The van der Waals surface area contributed by atoms with E-state index in [0.717, 1.165) is 32.2 Å². The lowest BCUT2D eigenvalue weighted by molar-refractivity contribution is 0.00545. The number of halogens is 2.